The molecule has 7 nitrogen and oxygen atoms in total. The van der Waals surface area contributed by atoms with Crippen molar-refractivity contribution in [2.75, 3.05) is 33.7 Å². The zero-order valence-electron chi connectivity index (χ0n) is 14.9. The number of rotatable bonds is 4. The van der Waals surface area contributed by atoms with Gasteiger partial charge in [0.15, 0.2) is 0 Å². The average Bonchev–Trinajstić information content (AvgIpc) is 2.59. The normalized spacial score (nSPS) is 25.7. The summed E-state index contributed by atoms with van der Waals surface area (Å²) in [5.74, 6) is 0.148. The van der Waals surface area contributed by atoms with Crippen LogP contribution in [-0.2, 0) is 21.5 Å². The van der Waals surface area contributed by atoms with Crippen LogP contribution in [0.4, 0.5) is 0 Å². The fourth-order valence-electron chi connectivity index (χ4n) is 3.88. The van der Waals surface area contributed by atoms with Crippen LogP contribution in [0.3, 0.4) is 0 Å². The molecule has 1 aromatic rings. The minimum Gasteiger partial charge on any atom is -0.338 e. The maximum atomic E-state index is 12.5. The van der Waals surface area contributed by atoms with Crippen LogP contribution < -0.4 is 0 Å². The number of pyridine rings is 1. The first kappa shape index (κ1) is 18.3. The summed E-state index contributed by atoms with van der Waals surface area (Å²) in [4.78, 5) is 18.3. The third kappa shape index (κ3) is 3.86. The van der Waals surface area contributed by atoms with Crippen molar-refractivity contribution in [2.24, 2.45) is 5.41 Å². The molecule has 3 heterocycles. The fraction of sp³-hybridized carbons (Fsp3) is 0.647. The highest BCUT2D eigenvalue weighted by Crippen LogP contribution is 2.40. The maximum Gasteiger partial charge on any atom is 0.281 e. The lowest BCUT2D eigenvalue weighted by Gasteiger charge is -2.48. The van der Waals surface area contributed by atoms with E-state index in [1.54, 1.807) is 30.8 Å². The van der Waals surface area contributed by atoms with Crippen LogP contribution in [0.25, 0.3) is 0 Å². The van der Waals surface area contributed by atoms with Crippen molar-refractivity contribution in [1.82, 2.24) is 18.5 Å². The molecule has 2 saturated heterocycles. The lowest BCUT2D eigenvalue weighted by Crippen LogP contribution is -2.56. The number of amides is 1. The summed E-state index contributed by atoms with van der Waals surface area (Å²) in [6, 6.07) is 3.83. The second-order valence-electron chi connectivity index (χ2n) is 7.33. The Morgan fingerprint density at radius 1 is 1.20 bits per heavy atom. The van der Waals surface area contributed by atoms with Gasteiger partial charge in [0.2, 0.25) is 5.91 Å². The maximum absolute atomic E-state index is 12.5. The fourth-order valence-corrected chi connectivity index (χ4v) is 5.14. The van der Waals surface area contributed by atoms with E-state index in [0.29, 0.717) is 32.6 Å². The molecule has 1 spiro atoms. The summed E-state index contributed by atoms with van der Waals surface area (Å²) in [5.41, 5.74) is 0.913. The van der Waals surface area contributed by atoms with Crippen molar-refractivity contribution in [3.05, 3.63) is 30.1 Å². The van der Waals surface area contributed by atoms with E-state index in [1.165, 1.54) is 4.31 Å². The summed E-state index contributed by atoms with van der Waals surface area (Å²) < 4.78 is 27.9. The van der Waals surface area contributed by atoms with Gasteiger partial charge in [-0.25, -0.2) is 0 Å². The van der Waals surface area contributed by atoms with Crippen molar-refractivity contribution in [3.8, 4) is 0 Å². The summed E-state index contributed by atoms with van der Waals surface area (Å²) in [5, 5.41) is 0. The predicted molar refractivity (Wildman–Crippen MR) is 94.7 cm³/mol. The van der Waals surface area contributed by atoms with Gasteiger partial charge in [-0.2, -0.15) is 17.0 Å². The molecule has 138 valence electrons. The SMILES string of the molecule is CN(C)S(=O)(=O)N1CCC[C@@]2(CCC(=O)N(Cc3ccncc3)C2)C1. The van der Waals surface area contributed by atoms with Gasteiger partial charge in [0.05, 0.1) is 0 Å². The lowest BCUT2D eigenvalue weighted by atomic mass is 9.74. The molecule has 1 amide bonds. The van der Waals surface area contributed by atoms with Gasteiger partial charge < -0.3 is 4.90 Å². The summed E-state index contributed by atoms with van der Waals surface area (Å²) in [7, 11) is -0.278. The molecule has 0 unspecified atom stereocenters. The predicted octanol–water partition coefficient (Wildman–Crippen LogP) is 1.09. The summed E-state index contributed by atoms with van der Waals surface area (Å²) in [6.45, 7) is 2.23. The molecule has 2 aliphatic rings. The third-order valence-corrected chi connectivity index (χ3v) is 7.17. The molecular weight excluding hydrogens is 340 g/mol. The smallest absolute Gasteiger partial charge is 0.281 e. The largest absolute Gasteiger partial charge is 0.338 e. The molecule has 25 heavy (non-hydrogen) atoms. The highest BCUT2D eigenvalue weighted by atomic mass is 32.2. The van der Waals surface area contributed by atoms with Crippen molar-refractivity contribution in [1.29, 1.82) is 0 Å². The lowest BCUT2D eigenvalue weighted by molar-refractivity contribution is -0.139. The highest BCUT2D eigenvalue weighted by molar-refractivity contribution is 7.86. The molecule has 0 aromatic carbocycles. The van der Waals surface area contributed by atoms with Crippen LogP contribution >= 0.6 is 0 Å². The minimum atomic E-state index is -3.41. The third-order valence-electron chi connectivity index (χ3n) is 5.29. The van der Waals surface area contributed by atoms with Gasteiger partial charge in [-0.05, 0) is 37.0 Å². The van der Waals surface area contributed by atoms with Gasteiger partial charge in [-0.1, -0.05) is 0 Å². The topological polar surface area (TPSA) is 73.8 Å². The first-order valence-electron chi connectivity index (χ1n) is 8.67. The molecule has 1 atom stereocenters. The van der Waals surface area contributed by atoms with E-state index in [4.69, 9.17) is 0 Å². The van der Waals surface area contributed by atoms with Crippen LogP contribution in [0, 0.1) is 5.41 Å². The van der Waals surface area contributed by atoms with E-state index in [2.05, 4.69) is 4.98 Å². The standard InChI is InChI=1S/C17H26N4O3S/c1-19(2)25(23,24)21-11-3-7-17(14-21)8-4-16(22)20(13-17)12-15-5-9-18-10-6-15/h5-6,9-10H,3-4,7-8,11-14H2,1-2H3/t17-/m0/s1. The Morgan fingerprint density at radius 2 is 1.92 bits per heavy atom. The van der Waals surface area contributed by atoms with E-state index in [-0.39, 0.29) is 11.3 Å². The first-order valence-corrected chi connectivity index (χ1v) is 10.1. The Kier molecular flexibility index (Phi) is 5.13. The molecule has 0 radical (unpaired) electrons. The molecule has 1 aromatic heterocycles. The Morgan fingerprint density at radius 3 is 2.60 bits per heavy atom. The number of hydrogen-bond acceptors (Lipinski definition) is 4. The number of piperidine rings is 2. The Bertz CT molecular complexity index is 723. The molecule has 0 saturated carbocycles. The van der Waals surface area contributed by atoms with Crippen LogP contribution in [0.5, 0.6) is 0 Å². The molecule has 0 bridgehead atoms. The van der Waals surface area contributed by atoms with Gasteiger partial charge in [-0.15, -0.1) is 0 Å². The minimum absolute atomic E-state index is 0.137. The van der Waals surface area contributed by atoms with Gasteiger partial charge in [-0.3, -0.25) is 9.78 Å². The number of nitrogens with zero attached hydrogens (tertiary/aromatic N) is 4. The van der Waals surface area contributed by atoms with E-state index in [9.17, 15) is 13.2 Å². The van der Waals surface area contributed by atoms with Crippen molar-refractivity contribution < 1.29 is 13.2 Å². The second kappa shape index (κ2) is 7.01. The van der Waals surface area contributed by atoms with Crippen molar-refractivity contribution in [3.63, 3.8) is 0 Å². The Hall–Kier alpha value is -1.51. The van der Waals surface area contributed by atoms with Crippen molar-refractivity contribution >= 4 is 16.1 Å². The van der Waals surface area contributed by atoms with Crippen LogP contribution in [0.1, 0.15) is 31.2 Å². The number of carbonyl (C=O) groups excluding carboxylic acids is 1. The van der Waals surface area contributed by atoms with E-state index in [1.807, 2.05) is 17.0 Å². The summed E-state index contributed by atoms with van der Waals surface area (Å²) >= 11 is 0. The molecule has 8 heteroatoms. The van der Waals surface area contributed by atoms with E-state index in [0.717, 1.165) is 24.8 Å². The second-order valence-corrected chi connectivity index (χ2v) is 9.47. The zero-order valence-corrected chi connectivity index (χ0v) is 15.7. The first-order chi connectivity index (χ1) is 11.8. The van der Waals surface area contributed by atoms with Gasteiger partial charge in [0.25, 0.3) is 10.2 Å². The van der Waals surface area contributed by atoms with Crippen LogP contribution in [0.15, 0.2) is 24.5 Å². The quantitative estimate of drug-likeness (QED) is 0.800. The van der Waals surface area contributed by atoms with Gasteiger partial charge >= 0.3 is 0 Å². The molecule has 0 N–H and O–H groups in total. The van der Waals surface area contributed by atoms with Gasteiger partial charge in [0, 0.05) is 64.5 Å². The molecule has 0 aliphatic carbocycles. The molecule has 2 aliphatic heterocycles. The molecule has 3 rings (SSSR count). The van der Waals surface area contributed by atoms with Crippen LogP contribution in [0.2, 0.25) is 0 Å². The Balaban J connectivity index is 1.76. The highest BCUT2D eigenvalue weighted by Gasteiger charge is 2.44. The number of carbonyl (C=O) groups is 1. The monoisotopic (exact) mass is 366 g/mol. The number of likely N-dealkylation sites (tertiary alicyclic amines) is 1. The van der Waals surface area contributed by atoms with E-state index >= 15 is 0 Å². The molecular formula is C17H26N4O3S. The van der Waals surface area contributed by atoms with Crippen LogP contribution in [-0.4, -0.2) is 66.5 Å². The zero-order chi connectivity index (χ0) is 18.1. The number of aromatic nitrogens is 1. The van der Waals surface area contributed by atoms with Gasteiger partial charge in [0.1, 0.15) is 0 Å². The Labute approximate surface area is 149 Å². The average molecular weight is 366 g/mol. The number of hydrogen-bond donors (Lipinski definition) is 0. The van der Waals surface area contributed by atoms with E-state index < -0.39 is 10.2 Å². The van der Waals surface area contributed by atoms with Crippen molar-refractivity contribution in [2.45, 2.75) is 32.2 Å². The summed E-state index contributed by atoms with van der Waals surface area (Å²) in [6.07, 6.45) is 6.51. The molecule has 2 fully saturated rings.